The Morgan fingerprint density at radius 1 is 0.631 bits per heavy atom. The minimum atomic E-state index is -0.459. The summed E-state index contributed by atoms with van der Waals surface area (Å²) in [5.74, 6) is 0.224. The normalized spacial score (nSPS) is 14.5. The third kappa shape index (κ3) is 16.2. The Labute approximate surface area is 382 Å². The highest BCUT2D eigenvalue weighted by atomic mass is 79.9. The summed E-state index contributed by atoms with van der Waals surface area (Å²) in [5, 5.41) is 42.6. The van der Waals surface area contributed by atoms with Gasteiger partial charge in [0, 0.05) is 116 Å². The molecule has 3 heterocycles. The Bertz CT molecular complexity index is 2290. The first-order chi connectivity index (χ1) is 31.2. The average Bonchev–Trinajstić information content (AvgIpc) is 3.31. The molecule has 3 aliphatic rings. The number of hydrogen-bond acceptors (Lipinski definition) is 14. The maximum atomic E-state index is 12.7. The lowest BCUT2D eigenvalue weighted by atomic mass is 10.0. The number of nitro groups is 4. The van der Waals surface area contributed by atoms with E-state index in [0.29, 0.717) is 75.7 Å². The second-order valence-electron chi connectivity index (χ2n) is 14.6. The number of nitrogen functional groups attached to an aromatic ring is 1. The highest BCUT2D eigenvalue weighted by Gasteiger charge is 2.28. The molecule has 4 aromatic carbocycles. The monoisotopic (exact) mass is 960 g/mol. The lowest BCUT2D eigenvalue weighted by molar-refractivity contribution is -0.385. The molecular weight excluding hydrogens is 912 g/mol. The number of rotatable bonds is 13. The number of amides is 2. The highest BCUT2D eigenvalue weighted by Crippen LogP contribution is 2.26. The van der Waals surface area contributed by atoms with E-state index in [1.54, 1.807) is 46.2 Å². The van der Waals surface area contributed by atoms with Crippen molar-refractivity contribution in [1.82, 2.24) is 4.90 Å². The number of nitro benzene ring substituents is 4. The van der Waals surface area contributed by atoms with Gasteiger partial charge in [-0.2, -0.15) is 0 Å². The first-order valence-corrected chi connectivity index (χ1v) is 21.8. The average molecular weight is 962 g/mol. The van der Waals surface area contributed by atoms with Gasteiger partial charge in [0.25, 0.3) is 28.7 Å². The number of unbranched alkanes of at least 4 members (excludes halogenated alkanes) is 1. The van der Waals surface area contributed by atoms with Crippen LogP contribution in [-0.2, 0) is 25.5 Å². The molecule has 3 aliphatic heterocycles. The van der Waals surface area contributed by atoms with Crippen LogP contribution in [0.25, 0.3) is 0 Å². The number of morpholine rings is 1. The van der Waals surface area contributed by atoms with Gasteiger partial charge in [0.1, 0.15) is 5.78 Å². The number of halogens is 1. The van der Waals surface area contributed by atoms with Crippen molar-refractivity contribution in [2.45, 2.75) is 51.4 Å². The minimum Gasteiger partial charge on any atom is -0.399 e. The highest BCUT2D eigenvalue weighted by molar-refractivity contribution is 9.09. The van der Waals surface area contributed by atoms with Crippen molar-refractivity contribution in [3.8, 4) is 0 Å². The molecule has 0 radical (unpaired) electrons. The van der Waals surface area contributed by atoms with E-state index in [0.717, 1.165) is 48.7 Å². The molecule has 65 heavy (non-hydrogen) atoms. The van der Waals surface area contributed by atoms with Crippen LogP contribution in [0.3, 0.4) is 0 Å². The summed E-state index contributed by atoms with van der Waals surface area (Å²) in [5.41, 5.74) is 9.00. The van der Waals surface area contributed by atoms with Gasteiger partial charge in [0.15, 0.2) is 0 Å². The van der Waals surface area contributed by atoms with E-state index in [-0.39, 0.29) is 40.3 Å². The number of Topliss-reactive ketones (excluding diaryl/α,β-unsaturated/α-hetero) is 1. The standard InChI is InChI=1S/C15H17N3O4.C12H14BrNO3.C11H12N2O3.C6H6N2O2/c19-15-14(16-8-10-22-11-9-16)2-1-7-17(15)12-3-5-13(6-4-12)18(20)21;13-8-2-1-3-12(15)9-10-4-6-11(7-5-10)14(16)17;14-11-3-1-2-8-12(11)9-4-6-10(7-5-9)13(15)16;7-5-1-3-6(4-2-5)8(9)10/h2-6H,1,7-11H2;4-7H,1-3,8-9H2;4-7H,1-3,8H2;1-4H,7H2. The second-order valence-corrected chi connectivity index (χ2v) is 15.4. The van der Waals surface area contributed by atoms with Crippen molar-refractivity contribution in [2.75, 3.05) is 60.3 Å². The van der Waals surface area contributed by atoms with Gasteiger partial charge < -0.3 is 25.2 Å². The van der Waals surface area contributed by atoms with Crippen LogP contribution in [0.2, 0.25) is 0 Å². The fraction of sp³-hybridized carbons (Fsp3) is 0.341. The van der Waals surface area contributed by atoms with Crippen LogP contribution in [0.1, 0.15) is 50.5 Å². The van der Waals surface area contributed by atoms with Gasteiger partial charge in [0.2, 0.25) is 5.91 Å². The number of ketones is 1. The molecule has 2 saturated heterocycles. The zero-order valence-electron chi connectivity index (χ0n) is 35.4. The van der Waals surface area contributed by atoms with Crippen molar-refractivity contribution in [1.29, 1.82) is 0 Å². The van der Waals surface area contributed by atoms with E-state index in [1.165, 1.54) is 60.7 Å². The quantitative estimate of drug-likeness (QED) is 0.0436. The largest absolute Gasteiger partial charge is 0.399 e. The van der Waals surface area contributed by atoms with E-state index >= 15 is 0 Å². The second kappa shape index (κ2) is 25.8. The molecule has 4 aromatic rings. The van der Waals surface area contributed by atoms with Gasteiger partial charge in [-0.25, -0.2) is 0 Å². The summed E-state index contributed by atoms with van der Waals surface area (Å²) in [6.45, 7) is 3.97. The molecule has 2 N–H and O–H groups in total. The molecule has 20 nitrogen and oxygen atoms in total. The molecule has 344 valence electrons. The van der Waals surface area contributed by atoms with Gasteiger partial charge in [0.05, 0.1) is 38.6 Å². The maximum absolute atomic E-state index is 12.7. The van der Waals surface area contributed by atoms with Gasteiger partial charge in [-0.15, -0.1) is 0 Å². The number of nitrogens with zero attached hydrogens (tertiary/aromatic N) is 7. The Morgan fingerprint density at radius 3 is 1.58 bits per heavy atom. The van der Waals surface area contributed by atoms with Crippen molar-refractivity contribution in [2.24, 2.45) is 0 Å². The maximum Gasteiger partial charge on any atom is 0.274 e. The first kappa shape index (κ1) is 50.5. The minimum absolute atomic E-state index is 0.0251. The fourth-order valence-corrected chi connectivity index (χ4v) is 7.02. The molecule has 2 amide bonds. The topological polar surface area (TPSA) is 269 Å². The van der Waals surface area contributed by atoms with E-state index < -0.39 is 19.7 Å². The van der Waals surface area contributed by atoms with Crippen LogP contribution in [-0.4, -0.2) is 86.9 Å². The molecule has 0 saturated carbocycles. The molecule has 0 unspecified atom stereocenters. The lowest BCUT2D eigenvalue weighted by Crippen LogP contribution is -2.45. The van der Waals surface area contributed by atoms with Crippen LogP contribution >= 0.6 is 15.9 Å². The molecule has 0 spiro atoms. The number of alkyl halides is 1. The molecule has 2 fully saturated rings. The van der Waals surface area contributed by atoms with Gasteiger partial charge in [-0.05, 0) is 74.1 Å². The van der Waals surface area contributed by atoms with Crippen molar-refractivity contribution < 1.29 is 38.8 Å². The van der Waals surface area contributed by atoms with E-state index in [2.05, 4.69) is 15.9 Å². The summed E-state index contributed by atoms with van der Waals surface area (Å²) in [7, 11) is 0. The SMILES string of the molecule is Nc1ccc([N+](=O)[O-])cc1.O=C(CCCCBr)Cc1ccc([N+](=O)[O-])cc1.O=C1C(N2CCOCC2)=CCCN1c1ccc([N+](=O)[O-])cc1.O=C1CCCCN1c1ccc([N+](=O)[O-])cc1. The van der Waals surface area contributed by atoms with E-state index in [4.69, 9.17) is 10.5 Å². The van der Waals surface area contributed by atoms with Crippen LogP contribution < -0.4 is 15.5 Å². The predicted octanol–water partition coefficient (Wildman–Crippen LogP) is 8.11. The molecule has 0 aromatic heterocycles. The summed E-state index contributed by atoms with van der Waals surface area (Å²) < 4.78 is 5.32. The number of carbonyl (C=O) groups excluding carboxylic acids is 3. The zero-order valence-corrected chi connectivity index (χ0v) is 37.0. The molecule has 0 bridgehead atoms. The van der Waals surface area contributed by atoms with Gasteiger partial charge >= 0.3 is 0 Å². The Morgan fingerprint density at radius 2 is 1.11 bits per heavy atom. The zero-order chi connectivity index (χ0) is 47.3. The summed E-state index contributed by atoms with van der Waals surface area (Å²) in [6, 6.07) is 24.1. The lowest BCUT2D eigenvalue weighted by Gasteiger charge is -2.35. The molecular formula is C44H49BrN8O12. The Kier molecular flexibility index (Phi) is 20.1. The molecule has 7 rings (SSSR count). The van der Waals surface area contributed by atoms with Crippen molar-refractivity contribution in [3.05, 3.63) is 155 Å². The Balaban J connectivity index is 0.000000196. The van der Waals surface area contributed by atoms with Gasteiger partial charge in [-0.3, -0.25) is 54.8 Å². The fourth-order valence-electron chi connectivity index (χ4n) is 6.62. The number of anilines is 3. The number of carbonyl (C=O) groups is 3. The van der Waals surface area contributed by atoms with Crippen LogP contribution in [0, 0.1) is 40.5 Å². The molecule has 0 atom stereocenters. The summed E-state index contributed by atoms with van der Waals surface area (Å²) in [6.07, 6.45) is 8.04. The first-order valence-electron chi connectivity index (χ1n) is 20.6. The third-order valence-electron chi connectivity index (χ3n) is 10.1. The van der Waals surface area contributed by atoms with Gasteiger partial charge in [-0.1, -0.05) is 34.1 Å². The molecule has 21 heteroatoms. The number of piperidine rings is 1. The van der Waals surface area contributed by atoms with Crippen molar-refractivity contribution >= 4 is 73.3 Å². The number of ether oxygens (including phenoxy) is 1. The van der Waals surface area contributed by atoms with Crippen molar-refractivity contribution in [3.63, 3.8) is 0 Å². The predicted molar refractivity (Wildman–Crippen MR) is 247 cm³/mol. The summed E-state index contributed by atoms with van der Waals surface area (Å²) >= 11 is 3.31. The number of non-ortho nitro benzene ring substituents is 4. The van der Waals surface area contributed by atoms with Crippen LogP contribution in [0.15, 0.2) is 109 Å². The number of nitrogens with two attached hydrogens (primary N) is 1. The van der Waals surface area contributed by atoms with Crippen LogP contribution in [0.4, 0.5) is 39.8 Å². The number of benzene rings is 4. The molecule has 0 aliphatic carbocycles. The van der Waals surface area contributed by atoms with E-state index in [1.807, 2.05) is 11.0 Å². The number of hydrogen-bond donors (Lipinski definition) is 1. The van der Waals surface area contributed by atoms with E-state index in [9.17, 15) is 54.8 Å². The van der Waals surface area contributed by atoms with Crippen LogP contribution in [0.5, 0.6) is 0 Å². The third-order valence-corrected chi connectivity index (χ3v) is 10.6. The Hall–Kier alpha value is -7.13. The summed E-state index contributed by atoms with van der Waals surface area (Å²) in [4.78, 5) is 81.2. The smallest absolute Gasteiger partial charge is 0.274 e.